The Morgan fingerprint density at radius 1 is 0.933 bits per heavy atom. The lowest BCUT2D eigenvalue weighted by Crippen LogP contribution is -2.20. The van der Waals surface area contributed by atoms with Crippen LogP contribution < -0.4 is 10.6 Å². The molecule has 0 aliphatic heterocycles. The van der Waals surface area contributed by atoms with Gasteiger partial charge in [-0.15, -0.1) is 5.10 Å². The highest BCUT2D eigenvalue weighted by atomic mass is 35.5. The lowest BCUT2D eigenvalue weighted by Gasteiger charge is -2.09. The van der Waals surface area contributed by atoms with Crippen LogP contribution in [0.5, 0.6) is 0 Å². The first kappa shape index (κ1) is 22.7. The second kappa shape index (κ2) is 10.3. The van der Waals surface area contributed by atoms with Gasteiger partial charge in [0.1, 0.15) is 6.61 Å². The lowest BCUT2D eigenvalue weighted by atomic mass is 10.2. The molecule has 0 spiro atoms. The average molecular weight is 489 g/mol. The highest BCUT2D eigenvalue weighted by molar-refractivity contribution is 6.36. The summed E-state index contributed by atoms with van der Waals surface area (Å²) in [5, 5.41) is 12.3. The monoisotopic (exact) mass is 487 g/mol. The number of rotatable bonds is 8. The van der Waals surface area contributed by atoms with Gasteiger partial charge in [0.05, 0.1) is 0 Å². The van der Waals surface area contributed by atoms with Crippen LogP contribution in [0.15, 0.2) is 36.4 Å². The maximum Gasteiger partial charge on any atom is 0.276 e. The predicted molar refractivity (Wildman–Crippen MR) is 120 cm³/mol. The molecule has 2 N–H and O–H groups in total. The molecule has 1 heterocycles. The van der Waals surface area contributed by atoms with E-state index in [1.165, 1.54) is 7.11 Å². The summed E-state index contributed by atoms with van der Waals surface area (Å²) in [4.78, 5) is 16.7. The van der Waals surface area contributed by atoms with E-state index in [1.807, 2.05) is 0 Å². The zero-order valence-corrected chi connectivity index (χ0v) is 18.8. The number of nitrogens with one attached hydrogen (secondary N) is 2. The largest absolute Gasteiger partial charge is 0.375 e. The normalized spacial score (nSPS) is 10.8. The van der Waals surface area contributed by atoms with Gasteiger partial charge in [-0.1, -0.05) is 58.5 Å². The second-order valence-corrected chi connectivity index (χ2v) is 7.73. The molecule has 0 bridgehead atoms. The van der Waals surface area contributed by atoms with Gasteiger partial charge in [0, 0.05) is 51.4 Å². The second-order valence-electron chi connectivity index (χ2n) is 6.11. The Bertz CT molecular complexity index is 1020. The zero-order chi connectivity index (χ0) is 21.7. The van der Waals surface area contributed by atoms with Crippen LogP contribution in [0.1, 0.15) is 15.9 Å². The Kier molecular flexibility index (Phi) is 7.80. The molecule has 3 rings (SSSR count). The predicted octanol–water partition coefficient (Wildman–Crippen LogP) is 5.40. The summed E-state index contributed by atoms with van der Waals surface area (Å²) in [6.07, 6.45) is 0. The van der Waals surface area contributed by atoms with Gasteiger partial charge in [-0.2, -0.15) is 9.67 Å². The van der Waals surface area contributed by atoms with Crippen LogP contribution in [0, 0.1) is 0 Å². The van der Waals surface area contributed by atoms with E-state index in [0.717, 1.165) is 4.68 Å². The zero-order valence-electron chi connectivity index (χ0n) is 15.8. The standard InChI is InChI=1S/C19H17Cl4N5O2/c1-30-10-17(29)28-19(25-9-12-15(22)6-3-7-16(12)23)26-18(27-28)24-8-11-13(20)4-2-5-14(11)21/h2-7H,8-10H2,1H3,(H2,24,25,26,27). The van der Waals surface area contributed by atoms with Gasteiger partial charge >= 0.3 is 0 Å². The molecule has 0 unspecified atom stereocenters. The number of halogens is 4. The number of hydrogen-bond donors (Lipinski definition) is 2. The van der Waals surface area contributed by atoms with Crippen LogP contribution in [0.2, 0.25) is 20.1 Å². The Morgan fingerprint density at radius 2 is 1.43 bits per heavy atom. The van der Waals surface area contributed by atoms with Gasteiger partial charge < -0.3 is 15.4 Å². The third kappa shape index (κ3) is 5.36. The number of carbonyl (C=O) groups excluding carboxylic acids is 1. The van der Waals surface area contributed by atoms with E-state index in [2.05, 4.69) is 20.7 Å². The number of methoxy groups -OCH3 is 1. The van der Waals surface area contributed by atoms with E-state index >= 15 is 0 Å². The minimum absolute atomic E-state index is 0.166. The van der Waals surface area contributed by atoms with Crippen molar-refractivity contribution < 1.29 is 9.53 Å². The van der Waals surface area contributed by atoms with Crippen molar-refractivity contribution in [3.05, 3.63) is 67.6 Å². The summed E-state index contributed by atoms with van der Waals surface area (Å²) in [5.41, 5.74) is 1.37. The fourth-order valence-corrected chi connectivity index (χ4v) is 3.66. The van der Waals surface area contributed by atoms with Crippen LogP contribution in [0.25, 0.3) is 0 Å². The summed E-state index contributed by atoms with van der Waals surface area (Å²) in [6, 6.07) is 10.4. The molecule has 2 aromatic carbocycles. The molecule has 1 aromatic heterocycles. The molecule has 7 nitrogen and oxygen atoms in total. The molecule has 11 heteroatoms. The Morgan fingerprint density at radius 3 is 1.93 bits per heavy atom. The number of carbonyl (C=O) groups is 1. The third-order valence-electron chi connectivity index (χ3n) is 4.08. The van der Waals surface area contributed by atoms with E-state index in [9.17, 15) is 4.79 Å². The molecule has 0 fully saturated rings. The van der Waals surface area contributed by atoms with Crippen molar-refractivity contribution in [2.45, 2.75) is 13.1 Å². The number of hydrogen-bond acceptors (Lipinski definition) is 6. The molecule has 158 valence electrons. The van der Waals surface area contributed by atoms with Crippen molar-refractivity contribution in [1.82, 2.24) is 14.8 Å². The molecular weight excluding hydrogens is 472 g/mol. The first-order chi connectivity index (χ1) is 14.4. The molecule has 30 heavy (non-hydrogen) atoms. The van der Waals surface area contributed by atoms with Crippen molar-refractivity contribution in [3.63, 3.8) is 0 Å². The maximum absolute atomic E-state index is 12.4. The smallest absolute Gasteiger partial charge is 0.276 e. The summed E-state index contributed by atoms with van der Waals surface area (Å²) in [7, 11) is 1.42. The molecule has 0 radical (unpaired) electrons. The molecule has 0 amide bonds. The van der Waals surface area contributed by atoms with Crippen LogP contribution >= 0.6 is 46.4 Å². The summed E-state index contributed by atoms with van der Waals surface area (Å²) >= 11 is 24.8. The minimum Gasteiger partial charge on any atom is -0.375 e. The van der Waals surface area contributed by atoms with E-state index in [4.69, 9.17) is 51.1 Å². The SMILES string of the molecule is COCC(=O)n1nc(NCc2c(Cl)cccc2Cl)nc1NCc1c(Cl)cccc1Cl. The Hall–Kier alpha value is -2.03. The highest BCUT2D eigenvalue weighted by Crippen LogP contribution is 2.26. The van der Waals surface area contributed by atoms with Crippen LogP contribution in [-0.2, 0) is 17.8 Å². The van der Waals surface area contributed by atoms with Crippen LogP contribution in [0.4, 0.5) is 11.9 Å². The van der Waals surface area contributed by atoms with Gasteiger partial charge in [-0.3, -0.25) is 4.79 Å². The van der Waals surface area contributed by atoms with Gasteiger partial charge in [0.15, 0.2) is 0 Å². The summed E-state index contributed by atoms with van der Waals surface area (Å²) < 4.78 is 6.04. The van der Waals surface area contributed by atoms with E-state index in [-0.39, 0.29) is 31.6 Å². The molecule has 0 aliphatic rings. The molecule has 0 saturated heterocycles. The minimum atomic E-state index is -0.401. The molecule has 0 saturated carbocycles. The maximum atomic E-state index is 12.4. The molecule has 0 aliphatic carbocycles. The topological polar surface area (TPSA) is 81.1 Å². The van der Waals surface area contributed by atoms with Crippen LogP contribution in [0.3, 0.4) is 0 Å². The van der Waals surface area contributed by atoms with Crippen molar-refractivity contribution in [2.24, 2.45) is 0 Å². The molecule has 0 atom stereocenters. The first-order valence-corrected chi connectivity index (χ1v) is 10.2. The van der Waals surface area contributed by atoms with Gasteiger partial charge in [-0.05, 0) is 24.3 Å². The quantitative estimate of drug-likeness (QED) is 0.441. The third-order valence-corrected chi connectivity index (χ3v) is 5.50. The summed E-state index contributed by atoms with van der Waals surface area (Å²) in [6.45, 7) is 0.352. The van der Waals surface area contributed by atoms with Gasteiger partial charge in [0.2, 0.25) is 11.9 Å². The Labute approximate surface area is 193 Å². The number of anilines is 2. The number of aromatic nitrogens is 3. The lowest BCUT2D eigenvalue weighted by molar-refractivity contribution is 0.0748. The summed E-state index contributed by atoms with van der Waals surface area (Å²) in [5.74, 6) is 0.0190. The highest BCUT2D eigenvalue weighted by Gasteiger charge is 2.17. The van der Waals surface area contributed by atoms with Crippen molar-refractivity contribution >= 4 is 64.2 Å². The van der Waals surface area contributed by atoms with Gasteiger partial charge in [-0.25, -0.2) is 0 Å². The van der Waals surface area contributed by atoms with Crippen molar-refractivity contribution in [3.8, 4) is 0 Å². The molecule has 3 aromatic rings. The van der Waals surface area contributed by atoms with E-state index in [0.29, 0.717) is 31.2 Å². The molecular formula is C19H17Cl4N5O2. The Balaban J connectivity index is 1.81. The van der Waals surface area contributed by atoms with Crippen LogP contribution in [-0.4, -0.2) is 34.4 Å². The van der Waals surface area contributed by atoms with E-state index < -0.39 is 5.91 Å². The first-order valence-electron chi connectivity index (χ1n) is 8.73. The fraction of sp³-hybridized carbons (Fsp3) is 0.211. The van der Waals surface area contributed by atoms with Gasteiger partial charge in [0.25, 0.3) is 5.91 Å². The fourth-order valence-electron chi connectivity index (χ4n) is 2.60. The van der Waals surface area contributed by atoms with E-state index in [1.54, 1.807) is 36.4 Å². The average Bonchev–Trinajstić information content (AvgIpc) is 3.11. The number of ether oxygens (including phenoxy) is 1. The van der Waals surface area contributed by atoms with Crippen molar-refractivity contribution in [2.75, 3.05) is 24.4 Å². The number of nitrogens with zero attached hydrogens (tertiary/aromatic N) is 3. The number of benzene rings is 2. The van der Waals surface area contributed by atoms with Crippen molar-refractivity contribution in [1.29, 1.82) is 0 Å².